The van der Waals surface area contributed by atoms with Crippen LogP contribution in [0.3, 0.4) is 0 Å². The van der Waals surface area contributed by atoms with Crippen molar-refractivity contribution in [1.82, 2.24) is 34.5 Å². The summed E-state index contributed by atoms with van der Waals surface area (Å²) in [5, 5.41) is 20.9. The predicted molar refractivity (Wildman–Crippen MR) is 178 cm³/mol. The standard InChI is InChI=1S/C31H46N8O5Si2/c1-18(2)45(19(3)4)41-16-24-27(43-46(44-45,20(5)6)21(7)8)26(40)31(42-24)39-29(35-25-28(32)33-17-34-30(25)39)23-15-38(37-36-23)14-22-12-10-9-11-13-22/h9-13,15,17-21,24,26-27,31,40H,14,16H2,1-8H3,(H2,32,33,34)/t24-,26-,27-,31-/m1/s1. The Hall–Kier alpha value is -3.06. The average molecular weight is 667 g/mol. The molecule has 0 saturated carbocycles. The van der Waals surface area contributed by atoms with Crippen LogP contribution < -0.4 is 5.73 Å². The van der Waals surface area contributed by atoms with Crippen molar-refractivity contribution < 1.29 is 22.8 Å². The second-order valence-electron chi connectivity index (χ2n) is 13.6. The zero-order chi connectivity index (χ0) is 33.0. The normalized spacial score (nSPS) is 24.6. The number of nitrogen functional groups attached to an aromatic ring is 1. The van der Waals surface area contributed by atoms with Gasteiger partial charge in [-0.2, -0.15) is 0 Å². The summed E-state index contributed by atoms with van der Waals surface area (Å²) >= 11 is 0. The smallest absolute Gasteiger partial charge is 0.335 e. The summed E-state index contributed by atoms with van der Waals surface area (Å²) < 4.78 is 31.6. The molecule has 3 aromatic heterocycles. The van der Waals surface area contributed by atoms with E-state index < -0.39 is 41.7 Å². The van der Waals surface area contributed by atoms with Gasteiger partial charge >= 0.3 is 17.1 Å². The Kier molecular flexibility index (Phi) is 8.95. The predicted octanol–water partition coefficient (Wildman–Crippen LogP) is 4.93. The van der Waals surface area contributed by atoms with Crippen LogP contribution >= 0.6 is 0 Å². The largest absolute Gasteiger partial charge is 0.414 e. The lowest BCUT2D eigenvalue weighted by atomic mass is 10.1. The summed E-state index contributed by atoms with van der Waals surface area (Å²) in [5.74, 6) is 0.616. The molecule has 2 saturated heterocycles. The monoisotopic (exact) mass is 666 g/mol. The van der Waals surface area contributed by atoms with E-state index in [1.807, 2.05) is 36.5 Å². The molecule has 0 bridgehead atoms. The van der Waals surface area contributed by atoms with Crippen LogP contribution in [0.25, 0.3) is 22.7 Å². The van der Waals surface area contributed by atoms with Crippen molar-refractivity contribution in [2.24, 2.45) is 0 Å². The third-order valence-corrected chi connectivity index (χ3v) is 19.6. The minimum absolute atomic E-state index is 0.0994. The molecule has 5 heterocycles. The highest BCUT2D eigenvalue weighted by molar-refractivity contribution is 6.84. The van der Waals surface area contributed by atoms with E-state index in [0.717, 1.165) is 5.56 Å². The lowest BCUT2D eigenvalue weighted by molar-refractivity contribution is -0.0564. The molecule has 0 spiro atoms. The maximum absolute atomic E-state index is 12.1. The number of hydrogen-bond donors (Lipinski definition) is 2. The minimum atomic E-state index is -3.00. The molecule has 0 aliphatic carbocycles. The molecule has 0 radical (unpaired) electrons. The van der Waals surface area contributed by atoms with Gasteiger partial charge in [-0.05, 0) is 27.7 Å². The number of ether oxygens (including phenoxy) is 1. The zero-order valence-corrected chi connectivity index (χ0v) is 29.9. The molecular formula is C31H46N8O5Si2. The lowest BCUT2D eigenvalue weighted by Gasteiger charge is -2.51. The highest BCUT2D eigenvalue weighted by Crippen LogP contribution is 2.49. The van der Waals surface area contributed by atoms with Gasteiger partial charge in [0.05, 0.1) is 19.3 Å². The molecule has 2 aliphatic rings. The van der Waals surface area contributed by atoms with Crippen LogP contribution in [0.4, 0.5) is 5.82 Å². The summed E-state index contributed by atoms with van der Waals surface area (Å²) in [6, 6.07) is 10.0. The number of nitrogens with two attached hydrogens (primary N) is 1. The number of aliphatic hydroxyl groups excluding tert-OH is 1. The first-order valence-electron chi connectivity index (χ1n) is 16.2. The quantitative estimate of drug-likeness (QED) is 0.246. The van der Waals surface area contributed by atoms with E-state index in [1.165, 1.54) is 6.33 Å². The fourth-order valence-corrected chi connectivity index (χ4v) is 18.2. The summed E-state index contributed by atoms with van der Waals surface area (Å²) in [4.78, 5) is 13.5. The Morgan fingerprint density at radius 3 is 2.28 bits per heavy atom. The molecular weight excluding hydrogens is 621 g/mol. The number of rotatable bonds is 8. The Bertz CT molecular complexity index is 1650. The molecule has 0 unspecified atom stereocenters. The molecule has 0 amide bonds. The van der Waals surface area contributed by atoms with Crippen molar-refractivity contribution in [3.05, 3.63) is 48.4 Å². The fraction of sp³-hybridized carbons (Fsp3) is 0.581. The average Bonchev–Trinajstić information content (AvgIpc) is 3.69. The molecule has 3 N–H and O–H groups in total. The van der Waals surface area contributed by atoms with Crippen LogP contribution in [0, 0.1) is 0 Å². The first-order valence-corrected chi connectivity index (χ1v) is 20.1. The van der Waals surface area contributed by atoms with E-state index in [0.29, 0.717) is 29.2 Å². The molecule has 1 aromatic carbocycles. The Morgan fingerprint density at radius 1 is 0.957 bits per heavy atom. The Balaban J connectivity index is 1.43. The van der Waals surface area contributed by atoms with Crippen LogP contribution in [0.1, 0.15) is 67.2 Å². The number of aromatic nitrogens is 7. The van der Waals surface area contributed by atoms with E-state index in [1.54, 1.807) is 9.25 Å². The van der Waals surface area contributed by atoms with E-state index >= 15 is 0 Å². The fourth-order valence-electron chi connectivity index (χ4n) is 6.95. The highest BCUT2D eigenvalue weighted by Gasteiger charge is 2.62. The summed E-state index contributed by atoms with van der Waals surface area (Å²) in [6.07, 6.45) is -0.0924. The van der Waals surface area contributed by atoms with Gasteiger partial charge in [0.25, 0.3) is 0 Å². The van der Waals surface area contributed by atoms with Gasteiger partial charge in [-0.3, -0.25) is 4.57 Å². The molecule has 4 atom stereocenters. The summed E-state index contributed by atoms with van der Waals surface area (Å²) in [7, 11) is -5.79. The van der Waals surface area contributed by atoms with Crippen LogP contribution in [0.5, 0.6) is 0 Å². The Morgan fingerprint density at radius 2 is 1.63 bits per heavy atom. The van der Waals surface area contributed by atoms with Crippen molar-refractivity contribution >= 4 is 34.1 Å². The minimum Gasteiger partial charge on any atom is -0.414 e. The lowest BCUT2D eigenvalue weighted by Crippen LogP contribution is -2.65. The van der Waals surface area contributed by atoms with Gasteiger partial charge in [-0.25, -0.2) is 19.6 Å². The summed E-state index contributed by atoms with van der Waals surface area (Å²) in [5.41, 5.74) is 9.21. The van der Waals surface area contributed by atoms with E-state index in [2.05, 4.69) is 75.7 Å². The number of imidazole rings is 1. The number of fused-ring (bicyclic) bond motifs is 2. The van der Waals surface area contributed by atoms with E-state index in [4.69, 9.17) is 28.4 Å². The van der Waals surface area contributed by atoms with Crippen LogP contribution in [0.15, 0.2) is 42.9 Å². The molecule has 46 heavy (non-hydrogen) atoms. The van der Waals surface area contributed by atoms with Gasteiger partial charge in [-0.1, -0.05) is 90.9 Å². The third-order valence-electron chi connectivity index (χ3n) is 9.36. The summed E-state index contributed by atoms with van der Waals surface area (Å²) in [6.45, 7) is 18.1. The molecule has 2 fully saturated rings. The van der Waals surface area contributed by atoms with E-state index in [9.17, 15) is 5.11 Å². The number of aliphatic hydroxyl groups is 1. The molecule has 15 heteroatoms. The molecule has 248 valence electrons. The molecule has 6 rings (SSSR count). The third kappa shape index (κ3) is 5.50. The second kappa shape index (κ2) is 12.5. The van der Waals surface area contributed by atoms with Gasteiger partial charge in [0.2, 0.25) is 0 Å². The van der Waals surface area contributed by atoms with Crippen molar-refractivity contribution in [3.63, 3.8) is 0 Å². The molecule has 4 aromatic rings. The number of benzene rings is 1. The molecule has 2 aliphatic heterocycles. The zero-order valence-electron chi connectivity index (χ0n) is 27.9. The number of nitrogens with zero attached hydrogens (tertiary/aromatic N) is 7. The van der Waals surface area contributed by atoms with Gasteiger partial charge in [-0.15, -0.1) is 5.10 Å². The molecule has 13 nitrogen and oxygen atoms in total. The van der Waals surface area contributed by atoms with E-state index in [-0.39, 0.29) is 34.6 Å². The van der Waals surface area contributed by atoms with Gasteiger partial charge in [0, 0.05) is 0 Å². The van der Waals surface area contributed by atoms with Crippen molar-refractivity contribution in [1.29, 1.82) is 0 Å². The van der Waals surface area contributed by atoms with Crippen LogP contribution in [-0.2, 0) is 24.2 Å². The second-order valence-corrected chi connectivity index (χ2v) is 22.5. The first-order chi connectivity index (χ1) is 21.9. The van der Waals surface area contributed by atoms with Crippen molar-refractivity contribution in [3.8, 4) is 11.5 Å². The number of hydrogen-bond acceptors (Lipinski definition) is 11. The SMILES string of the molecule is CC(C)[Si]1(C(C)C)OC[C@H]2O[C@@H](n3c(-c4cn(Cc5ccccc5)nn4)nc4c(N)ncnc43)[C@H](O)[C@@H]2O[Si](C(C)C)(C(C)C)O1. The van der Waals surface area contributed by atoms with Gasteiger partial charge < -0.3 is 28.5 Å². The maximum atomic E-state index is 12.1. The highest BCUT2D eigenvalue weighted by atomic mass is 28.5. The van der Waals surface area contributed by atoms with Gasteiger partial charge in [0.15, 0.2) is 29.0 Å². The van der Waals surface area contributed by atoms with Crippen molar-refractivity contribution in [2.45, 2.75) is 109 Å². The van der Waals surface area contributed by atoms with Crippen LogP contribution in [0.2, 0.25) is 22.2 Å². The Labute approximate surface area is 272 Å². The maximum Gasteiger partial charge on any atom is 0.335 e. The van der Waals surface area contributed by atoms with Crippen LogP contribution in [-0.4, -0.2) is 81.7 Å². The first kappa shape index (κ1) is 32.9. The van der Waals surface area contributed by atoms with Crippen molar-refractivity contribution in [2.75, 3.05) is 12.3 Å². The topological polar surface area (TPSA) is 157 Å². The number of anilines is 1. The van der Waals surface area contributed by atoms with Gasteiger partial charge in [0.1, 0.15) is 30.3 Å².